The average Bonchev–Trinajstić information content (AvgIpc) is 3.43. The van der Waals surface area contributed by atoms with E-state index in [0.29, 0.717) is 46.1 Å². The molecule has 0 unspecified atom stereocenters. The molecule has 4 heterocycles. The van der Waals surface area contributed by atoms with Crippen molar-refractivity contribution in [2.45, 2.75) is 12.8 Å². The number of rotatable bonds is 7. The number of anilines is 4. The Balaban J connectivity index is 1.39. The number of para-hydroxylation sites is 1. The smallest absolute Gasteiger partial charge is 0.273 e. The molecule has 0 atom stereocenters. The van der Waals surface area contributed by atoms with Gasteiger partial charge in [-0.1, -0.05) is 17.9 Å². The van der Waals surface area contributed by atoms with Crippen LogP contribution < -0.4 is 26.0 Å². The number of methoxy groups -OCH3 is 1. The second-order valence-corrected chi connectivity index (χ2v) is 9.17. The van der Waals surface area contributed by atoms with Gasteiger partial charge >= 0.3 is 0 Å². The Morgan fingerprint density at radius 2 is 1.93 bits per heavy atom. The van der Waals surface area contributed by atoms with Gasteiger partial charge in [0.1, 0.15) is 12.1 Å². The maximum atomic E-state index is 12.6. The predicted octanol–water partition coefficient (Wildman–Crippen LogP) is 2.87. The number of aryl methyl sites for hydroxylation is 1. The van der Waals surface area contributed by atoms with Crippen LogP contribution in [0.4, 0.5) is 23.0 Å². The molecule has 1 aliphatic rings. The molecule has 5 rings (SSSR count). The first-order valence-corrected chi connectivity index (χ1v) is 12.9. The van der Waals surface area contributed by atoms with Crippen molar-refractivity contribution in [1.82, 2.24) is 40.6 Å². The van der Waals surface area contributed by atoms with Gasteiger partial charge in [-0.2, -0.15) is 5.10 Å². The van der Waals surface area contributed by atoms with Crippen LogP contribution in [0.2, 0.25) is 0 Å². The van der Waals surface area contributed by atoms with Gasteiger partial charge in [-0.15, -0.1) is 10.2 Å². The van der Waals surface area contributed by atoms with E-state index in [4.69, 9.17) is 4.74 Å². The molecule has 3 aromatic heterocycles. The van der Waals surface area contributed by atoms with Gasteiger partial charge in [0, 0.05) is 37.8 Å². The Bertz CT molecular complexity index is 1550. The van der Waals surface area contributed by atoms with Crippen LogP contribution in [0.5, 0.6) is 5.75 Å². The van der Waals surface area contributed by atoms with Gasteiger partial charge in [0.25, 0.3) is 5.91 Å². The summed E-state index contributed by atoms with van der Waals surface area (Å²) in [6.45, 7) is 2.02. The second-order valence-electron chi connectivity index (χ2n) is 9.17. The number of nitrogens with one attached hydrogen (secondary N) is 4. The van der Waals surface area contributed by atoms with E-state index < -0.39 is 5.91 Å². The van der Waals surface area contributed by atoms with Gasteiger partial charge in [-0.3, -0.25) is 9.48 Å². The lowest BCUT2D eigenvalue weighted by Crippen LogP contribution is -2.26. The number of aromatic nitrogens is 6. The van der Waals surface area contributed by atoms with Crippen LogP contribution in [0.1, 0.15) is 28.9 Å². The third-order valence-electron chi connectivity index (χ3n) is 6.34. The van der Waals surface area contributed by atoms with Gasteiger partial charge in [0.2, 0.25) is 0 Å². The number of nitrogens with zero attached hydrogens (tertiary/aromatic N) is 6. The molecule has 1 aliphatic heterocycles. The minimum Gasteiger partial charge on any atom is -0.494 e. The molecule has 1 saturated heterocycles. The number of ether oxygens (including phenoxy) is 1. The third-order valence-corrected chi connectivity index (χ3v) is 6.34. The van der Waals surface area contributed by atoms with Gasteiger partial charge < -0.3 is 26.0 Å². The molecule has 4 N–H and O–H groups in total. The molecule has 1 aromatic carbocycles. The molecule has 40 heavy (non-hydrogen) atoms. The van der Waals surface area contributed by atoms with Crippen LogP contribution in [-0.4, -0.2) is 63.1 Å². The van der Waals surface area contributed by atoms with Crippen LogP contribution in [0.3, 0.4) is 0 Å². The SMILES string of the molecule is CNC(=O)c1nnc(Nc2ccc(C#CC3CCNCC3)cn2)cc1Nc1cccc(-c2ncn(C)n2)c1OC. The van der Waals surface area contributed by atoms with Crippen LogP contribution in [-0.2, 0) is 7.05 Å². The van der Waals surface area contributed by atoms with Crippen molar-refractivity contribution in [3.05, 3.63) is 60.2 Å². The van der Waals surface area contributed by atoms with E-state index in [-0.39, 0.29) is 5.69 Å². The maximum absolute atomic E-state index is 12.6. The summed E-state index contributed by atoms with van der Waals surface area (Å²) in [7, 11) is 4.90. The fraction of sp³-hybridized carbons (Fsp3) is 0.286. The Morgan fingerprint density at radius 1 is 1.07 bits per heavy atom. The zero-order chi connectivity index (χ0) is 27.9. The lowest BCUT2D eigenvalue weighted by atomic mass is 9.99. The van der Waals surface area contributed by atoms with Crippen molar-refractivity contribution >= 4 is 28.9 Å². The monoisotopic (exact) mass is 538 g/mol. The van der Waals surface area contributed by atoms with E-state index in [1.165, 1.54) is 7.05 Å². The number of carbonyl (C=O) groups excluding carboxylic acids is 1. The molecule has 0 bridgehead atoms. The van der Waals surface area contributed by atoms with E-state index in [1.54, 1.807) is 37.4 Å². The second kappa shape index (κ2) is 12.2. The first kappa shape index (κ1) is 26.6. The molecule has 1 fully saturated rings. The fourth-order valence-electron chi connectivity index (χ4n) is 4.30. The first-order chi connectivity index (χ1) is 19.5. The summed E-state index contributed by atoms with van der Waals surface area (Å²) in [4.78, 5) is 21.4. The summed E-state index contributed by atoms with van der Waals surface area (Å²) in [6.07, 6.45) is 5.48. The van der Waals surface area contributed by atoms with E-state index in [1.807, 2.05) is 30.3 Å². The fourth-order valence-corrected chi connectivity index (χ4v) is 4.30. The Kier molecular flexibility index (Phi) is 8.13. The molecular formula is C28H30N10O2. The van der Waals surface area contributed by atoms with E-state index in [0.717, 1.165) is 31.5 Å². The number of amides is 1. The highest BCUT2D eigenvalue weighted by Gasteiger charge is 2.19. The summed E-state index contributed by atoms with van der Waals surface area (Å²) in [5.41, 5.74) is 2.69. The van der Waals surface area contributed by atoms with Crippen molar-refractivity contribution < 1.29 is 9.53 Å². The van der Waals surface area contributed by atoms with Gasteiger partial charge in [0.15, 0.2) is 23.1 Å². The third kappa shape index (κ3) is 6.16. The van der Waals surface area contributed by atoms with Crippen LogP contribution in [0, 0.1) is 17.8 Å². The van der Waals surface area contributed by atoms with Crippen LogP contribution >= 0.6 is 0 Å². The lowest BCUT2D eigenvalue weighted by Gasteiger charge is -2.17. The van der Waals surface area contributed by atoms with Crippen LogP contribution in [0.15, 0.2) is 48.9 Å². The van der Waals surface area contributed by atoms with E-state index in [2.05, 4.69) is 58.4 Å². The van der Waals surface area contributed by atoms with Crippen molar-refractivity contribution in [3.8, 4) is 29.0 Å². The Morgan fingerprint density at radius 3 is 2.62 bits per heavy atom. The number of pyridine rings is 1. The Labute approximate surface area is 232 Å². The predicted molar refractivity (Wildman–Crippen MR) is 152 cm³/mol. The van der Waals surface area contributed by atoms with Gasteiger partial charge in [-0.05, 0) is 50.2 Å². The number of hydrogen-bond donors (Lipinski definition) is 4. The van der Waals surface area contributed by atoms with E-state index in [9.17, 15) is 4.79 Å². The molecule has 0 radical (unpaired) electrons. The van der Waals surface area contributed by atoms with E-state index >= 15 is 0 Å². The number of piperidine rings is 1. The first-order valence-electron chi connectivity index (χ1n) is 12.9. The standard InChI is InChI=1S/C28H30N10O2/c1-29-28(39)25-22(33-21-6-4-5-20(26(21)40-3)27-32-17-38(2)37-27)15-24(35-36-25)34-23-10-9-19(16-31-23)8-7-18-11-13-30-14-12-18/h4-6,9-10,15-18,30H,11-14H2,1-3H3,(H,29,39)(H2,31,33,34,35). The molecule has 204 valence electrons. The molecule has 0 aliphatic carbocycles. The van der Waals surface area contributed by atoms with Gasteiger partial charge in [-0.25, -0.2) is 9.97 Å². The normalized spacial score (nSPS) is 13.2. The number of hydrogen-bond acceptors (Lipinski definition) is 10. The van der Waals surface area contributed by atoms with Crippen molar-refractivity contribution in [2.75, 3.05) is 37.9 Å². The largest absolute Gasteiger partial charge is 0.494 e. The zero-order valence-corrected chi connectivity index (χ0v) is 22.5. The van der Waals surface area contributed by atoms with Crippen molar-refractivity contribution in [2.24, 2.45) is 13.0 Å². The summed E-state index contributed by atoms with van der Waals surface area (Å²) in [5, 5.41) is 25.1. The lowest BCUT2D eigenvalue weighted by molar-refractivity contribution is 0.0958. The highest BCUT2D eigenvalue weighted by molar-refractivity contribution is 5.99. The highest BCUT2D eigenvalue weighted by atomic mass is 16.5. The topological polar surface area (TPSA) is 144 Å². The average molecular weight is 539 g/mol. The minimum absolute atomic E-state index is 0.118. The highest BCUT2D eigenvalue weighted by Crippen LogP contribution is 2.37. The van der Waals surface area contributed by atoms with Crippen LogP contribution in [0.25, 0.3) is 11.4 Å². The molecular weight excluding hydrogens is 508 g/mol. The van der Waals surface area contributed by atoms with Crippen molar-refractivity contribution in [1.29, 1.82) is 0 Å². The molecule has 4 aromatic rings. The summed E-state index contributed by atoms with van der Waals surface area (Å²) in [6, 6.07) is 11.0. The molecule has 0 saturated carbocycles. The summed E-state index contributed by atoms with van der Waals surface area (Å²) >= 11 is 0. The zero-order valence-electron chi connectivity index (χ0n) is 22.5. The van der Waals surface area contributed by atoms with Gasteiger partial charge in [0.05, 0.1) is 24.0 Å². The summed E-state index contributed by atoms with van der Waals surface area (Å²) in [5.74, 6) is 8.60. The summed E-state index contributed by atoms with van der Waals surface area (Å²) < 4.78 is 7.32. The number of benzene rings is 1. The molecule has 12 heteroatoms. The quantitative estimate of drug-likeness (QED) is 0.259. The minimum atomic E-state index is -0.391. The molecule has 0 spiro atoms. The maximum Gasteiger partial charge on any atom is 0.273 e. The Hall–Kier alpha value is -5.02. The van der Waals surface area contributed by atoms with Crippen molar-refractivity contribution in [3.63, 3.8) is 0 Å². The molecule has 1 amide bonds. The number of carbonyl (C=O) groups is 1. The molecule has 12 nitrogen and oxygen atoms in total.